The van der Waals surface area contributed by atoms with Crippen molar-refractivity contribution in [1.82, 2.24) is 14.7 Å². The molecule has 0 amide bonds. The van der Waals surface area contributed by atoms with Crippen molar-refractivity contribution in [2.24, 2.45) is 13.0 Å². The Morgan fingerprint density at radius 3 is 2.93 bits per heavy atom. The van der Waals surface area contributed by atoms with Gasteiger partial charge in [-0.2, -0.15) is 5.10 Å². The van der Waals surface area contributed by atoms with Gasteiger partial charge < -0.3 is 10.0 Å². The first kappa shape index (κ1) is 10.6. The summed E-state index contributed by atoms with van der Waals surface area (Å²) in [7, 11) is 3.99. The highest BCUT2D eigenvalue weighted by molar-refractivity contribution is 5.06. The molecule has 4 heteroatoms. The molecule has 1 aromatic heterocycles. The van der Waals surface area contributed by atoms with Crippen LogP contribution in [0, 0.1) is 5.92 Å². The fourth-order valence-electron chi connectivity index (χ4n) is 2.38. The first-order valence-electron chi connectivity index (χ1n) is 5.53. The fourth-order valence-corrected chi connectivity index (χ4v) is 2.38. The number of aromatic nitrogens is 2. The number of hydrogen-bond acceptors (Lipinski definition) is 3. The minimum Gasteiger partial charge on any atom is -0.386 e. The van der Waals surface area contributed by atoms with E-state index in [4.69, 9.17) is 0 Å². The second-order valence-electron chi connectivity index (χ2n) is 4.49. The van der Waals surface area contributed by atoms with Gasteiger partial charge in [0.25, 0.3) is 0 Å². The van der Waals surface area contributed by atoms with Crippen molar-refractivity contribution in [3.63, 3.8) is 0 Å². The second kappa shape index (κ2) is 4.33. The summed E-state index contributed by atoms with van der Waals surface area (Å²) in [5, 5.41) is 14.3. The van der Waals surface area contributed by atoms with Crippen LogP contribution in [0.1, 0.15) is 24.6 Å². The molecule has 0 radical (unpaired) electrons. The fraction of sp³-hybridized carbons (Fsp3) is 0.727. The zero-order chi connectivity index (χ0) is 10.8. The molecular formula is C11H19N3O. The van der Waals surface area contributed by atoms with Crippen molar-refractivity contribution >= 4 is 0 Å². The van der Waals surface area contributed by atoms with Gasteiger partial charge in [0.15, 0.2) is 0 Å². The average Bonchev–Trinajstić information content (AvgIpc) is 2.63. The quantitative estimate of drug-likeness (QED) is 0.783. The smallest absolute Gasteiger partial charge is 0.0996 e. The highest BCUT2D eigenvalue weighted by Gasteiger charge is 2.26. The number of piperidine rings is 1. The molecule has 0 unspecified atom stereocenters. The van der Waals surface area contributed by atoms with E-state index in [2.05, 4.69) is 17.0 Å². The van der Waals surface area contributed by atoms with Crippen LogP contribution in [0.2, 0.25) is 0 Å². The van der Waals surface area contributed by atoms with Crippen molar-refractivity contribution in [2.45, 2.75) is 18.9 Å². The highest BCUT2D eigenvalue weighted by atomic mass is 16.3. The SMILES string of the molecule is CN1CCC[C@@H]([C@H](O)c2ccnn2C)C1. The van der Waals surface area contributed by atoms with E-state index in [0.29, 0.717) is 5.92 Å². The van der Waals surface area contributed by atoms with Gasteiger partial charge >= 0.3 is 0 Å². The van der Waals surface area contributed by atoms with Crippen LogP contribution >= 0.6 is 0 Å². The van der Waals surface area contributed by atoms with Crippen LogP contribution in [0.5, 0.6) is 0 Å². The number of aliphatic hydroxyl groups excluding tert-OH is 1. The van der Waals surface area contributed by atoms with E-state index < -0.39 is 0 Å². The molecule has 2 heterocycles. The van der Waals surface area contributed by atoms with Crippen LogP contribution in [0.3, 0.4) is 0 Å². The van der Waals surface area contributed by atoms with Crippen molar-refractivity contribution in [1.29, 1.82) is 0 Å². The third kappa shape index (κ3) is 2.21. The van der Waals surface area contributed by atoms with Crippen LogP contribution in [-0.4, -0.2) is 39.9 Å². The van der Waals surface area contributed by atoms with Crippen molar-refractivity contribution in [3.8, 4) is 0 Å². The van der Waals surface area contributed by atoms with Gasteiger partial charge in [-0.15, -0.1) is 0 Å². The third-order valence-corrected chi connectivity index (χ3v) is 3.27. The van der Waals surface area contributed by atoms with Crippen molar-refractivity contribution < 1.29 is 5.11 Å². The summed E-state index contributed by atoms with van der Waals surface area (Å²) in [4.78, 5) is 2.29. The van der Waals surface area contributed by atoms with Crippen molar-refractivity contribution in [2.75, 3.05) is 20.1 Å². The summed E-state index contributed by atoms with van der Waals surface area (Å²) in [6.45, 7) is 2.13. The summed E-state index contributed by atoms with van der Waals surface area (Å²) in [6, 6.07) is 1.90. The van der Waals surface area contributed by atoms with Crippen LogP contribution in [0.25, 0.3) is 0 Å². The van der Waals surface area contributed by atoms with E-state index in [1.807, 2.05) is 13.1 Å². The maximum absolute atomic E-state index is 10.2. The Kier molecular flexibility index (Phi) is 3.07. The Morgan fingerprint density at radius 2 is 2.33 bits per heavy atom. The molecule has 0 aliphatic carbocycles. The van der Waals surface area contributed by atoms with E-state index in [-0.39, 0.29) is 6.10 Å². The topological polar surface area (TPSA) is 41.3 Å². The molecule has 4 nitrogen and oxygen atoms in total. The number of aryl methyl sites for hydroxylation is 1. The van der Waals surface area contributed by atoms with Crippen LogP contribution in [0.4, 0.5) is 0 Å². The Morgan fingerprint density at radius 1 is 1.53 bits per heavy atom. The first-order chi connectivity index (χ1) is 7.18. The largest absolute Gasteiger partial charge is 0.386 e. The predicted molar refractivity (Wildman–Crippen MR) is 58.4 cm³/mol. The Bertz CT molecular complexity index is 323. The van der Waals surface area contributed by atoms with Gasteiger partial charge in [0.1, 0.15) is 0 Å². The average molecular weight is 209 g/mol. The molecular weight excluding hydrogens is 190 g/mol. The third-order valence-electron chi connectivity index (χ3n) is 3.27. The maximum atomic E-state index is 10.2. The molecule has 1 saturated heterocycles. The lowest BCUT2D eigenvalue weighted by Crippen LogP contribution is -2.35. The monoisotopic (exact) mass is 209 g/mol. The van der Waals surface area contributed by atoms with Gasteiger partial charge in [-0.1, -0.05) is 0 Å². The summed E-state index contributed by atoms with van der Waals surface area (Å²) in [6.07, 6.45) is 3.65. The molecule has 2 atom stereocenters. The molecule has 84 valence electrons. The number of rotatable bonds is 2. The Balaban J connectivity index is 2.07. The van der Waals surface area contributed by atoms with Crippen LogP contribution < -0.4 is 0 Å². The molecule has 0 bridgehead atoms. The van der Waals surface area contributed by atoms with Gasteiger partial charge in [-0.3, -0.25) is 4.68 Å². The van der Waals surface area contributed by atoms with E-state index in [1.54, 1.807) is 10.9 Å². The van der Waals surface area contributed by atoms with Gasteiger partial charge in [0.2, 0.25) is 0 Å². The number of nitrogens with zero attached hydrogens (tertiary/aromatic N) is 3. The molecule has 2 rings (SSSR count). The zero-order valence-corrected chi connectivity index (χ0v) is 9.43. The number of aliphatic hydroxyl groups is 1. The van der Waals surface area contributed by atoms with Crippen LogP contribution in [0.15, 0.2) is 12.3 Å². The minimum atomic E-state index is -0.375. The van der Waals surface area contributed by atoms with E-state index in [1.165, 1.54) is 6.42 Å². The normalized spacial score (nSPS) is 25.4. The Labute approximate surface area is 90.5 Å². The molecule has 0 spiro atoms. The number of hydrogen-bond donors (Lipinski definition) is 1. The summed E-state index contributed by atoms with van der Waals surface area (Å²) in [5.41, 5.74) is 0.926. The molecule has 0 saturated carbocycles. The lowest BCUT2D eigenvalue weighted by Gasteiger charge is -2.32. The highest BCUT2D eigenvalue weighted by Crippen LogP contribution is 2.28. The van der Waals surface area contributed by atoms with Gasteiger partial charge in [0.05, 0.1) is 11.8 Å². The van der Waals surface area contributed by atoms with Gasteiger partial charge in [0, 0.05) is 25.7 Å². The van der Waals surface area contributed by atoms with Gasteiger partial charge in [-0.25, -0.2) is 0 Å². The van der Waals surface area contributed by atoms with E-state index in [9.17, 15) is 5.11 Å². The van der Waals surface area contributed by atoms with E-state index >= 15 is 0 Å². The first-order valence-corrected chi connectivity index (χ1v) is 5.53. The summed E-state index contributed by atoms with van der Waals surface area (Å²) < 4.78 is 1.76. The maximum Gasteiger partial charge on any atom is 0.0996 e. The zero-order valence-electron chi connectivity index (χ0n) is 9.43. The molecule has 0 aromatic carbocycles. The van der Waals surface area contributed by atoms with Gasteiger partial charge in [-0.05, 0) is 32.5 Å². The molecule has 1 aliphatic heterocycles. The van der Waals surface area contributed by atoms with E-state index in [0.717, 1.165) is 25.2 Å². The number of likely N-dealkylation sites (tertiary alicyclic amines) is 1. The molecule has 1 N–H and O–H groups in total. The second-order valence-corrected chi connectivity index (χ2v) is 4.49. The summed E-state index contributed by atoms with van der Waals surface area (Å²) >= 11 is 0. The predicted octanol–water partition coefficient (Wildman–Crippen LogP) is 0.795. The molecule has 15 heavy (non-hydrogen) atoms. The van der Waals surface area contributed by atoms with Crippen LogP contribution in [-0.2, 0) is 7.05 Å². The molecule has 1 fully saturated rings. The lowest BCUT2D eigenvalue weighted by molar-refractivity contribution is 0.0536. The lowest BCUT2D eigenvalue weighted by atomic mass is 9.91. The summed E-state index contributed by atoms with van der Waals surface area (Å²) in [5.74, 6) is 0.346. The minimum absolute atomic E-state index is 0.346. The standard InChI is InChI=1S/C11H19N3O/c1-13-7-3-4-9(8-13)11(15)10-5-6-12-14(10)2/h5-6,9,11,15H,3-4,7-8H2,1-2H3/t9-,11+/m1/s1. The molecule has 1 aliphatic rings. The Hall–Kier alpha value is -0.870. The van der Waals surface area contributed by atoms with Crippen molar-refractivity contribution in [3.05, 3.63) is 18.0 Å². The molecule has 1 aromatic rings.